The van der Waals surface area contributed by atoms with E-state index in [2.05, 4.69) is 23.4 Å². The van der Waals surface area contributed by atoms with E-state index in [1.54, 1.807) is 11.3 Å². The van der Waals surface area contributed by atoms with Crippen molar-refractivity contribution in [2.24, 2.45) is 5.92 Å². The lowest BCUT2D eigenvalue weighted by molar-refractivity contribution is 0.219. The zero-order chi connectivity index (χ0) is 9.26. The Morgan fingerprint density at radius 2 is 2.38 bits per heavy atom. The Labute approximate surface area is 82.7 Å². The Morgan fingerprint density at radius 3 is 3.00 bits per heavy atom. The van der Waals surface area contributed by atoms with Crippen molar-refractivity contribution >= 4 is 11.3 Å². The smallest absolute Gasteiger partial charge is 0.0468 e. The quantitative estimate of drug-likeness (QED) is 0.718. The highest BCUT2D eigenvalue weighted by atomic mass is 32.1. The number of hydrogen-bond donors (Lipinski definition) is 1. The standard InChI is InChI=1S/C11H14OS/c1-8-4-10(6-12)11(5-8)9-2-3-13-7-9/h2-3,7,10-12H,1,4-6H2/t10-,11-/m1/s1. The maximum Gasteiger partial charge on any atom is 0.0468 e. The molecule has 0 saturated heterocycles. The molecular weight excluding hydrogens is 180 g/mol. The topological polar surface area (TPSA) is 20.2 Å². The first-order valence-corrected chi connectivity index (χ1v) is 5.55. The van der Waals surface area contributed by atoms with Crippen LogP contribution in [-0.4, -0.2) is 11.7 Å². The van der Waals surface area contributed by atoms with Crippen molar-refractivity contribution < 1.29 is 5.11 Å². The van der Waals surface area contributed by atoms with Gasteiger partial charge in [-0.1, -0.05) is 12.2 Å². The van der Waals surface area contributed by atoms with Gasteiger partial charge in [-0.05, 0) is 47.1 Å². The molecule has 2 rings (SSSR count). The predicted octanol–water partition coefficient (Wildman–Crippen LogP) is 2.79. The summed E-state index contributed by atoms with van der Waals surface area (Å²) in [7, 11) is 0. The van der Waals surface area contributed by atoms with E-state index >= 15 is 0 Å². The summed E-state index contributed by atoms with van der Waals surface area (Å²) < 4.78 is 0. The van der Waals surface area contributed by atoms with Gasteiger partial charge >= 0.3 is 0 Å². The first-order valence-electron chi connectivity index (χ1n) is 4.61. The molecule has 1 nitrogen and oxygen atoms in total. The number of thiophene rings is 1. The van der Waals surface area contributed by atoms with E-state index in [0.29, 0.717) is 18.4 Å². The second-order valence-corrected chi connectivity index (χ2v) is 4.54. The van der Waals surface area contributed by atoms with Gasteiger partial charge in [-0.2, -0.15) is 11.3 Å². The summed E-state index contributed by atoms with van der Waals surface area (Å²) in [6.07, 6.45) is 2.05. The summed E-state index contributed by atoms with van der Waals surface area (Å²) in [6, 6.07) is 2.16. The third-order valence-electron chi connectivity index (χ3n) is 2.83. The van der Waals surface area contributed by atoms with E-state index in [4.69, 9.17) is 0 Å². The maximum atomic E-state index is 9.22. The highest BCUT2D eigenvalue weighted by Crippen LogP contribution is 2.42. The Hall–Kier alpha value is -0.600. The molecule has 1 heterocycles. The summed E-state index contributed by atoms with van der Waals surface area (Å²) >= 11 is 1.73. The summed E-state index contributed by atoms with van der Waals surface area (Å²) in [5.74, 6) is 0.922. The largest absolute Gasteiger partial charge is 0.396 e. The average Bonchev–Trinajstić information content (AvgIpc) is 2.71. The van der Waals surface area contributed by atoms with Crippen LogP contribution in [0.2, 0.25) is 0 Å². The SMILES string of the molecule is C=C1C[C@H](CO)[C@@H](c2ccsc2)C1. The number of hydrogen-bond acceptors (Lipinski definition) is 2. The fourth-order valence-corrected chi connectivity index (χ4v) is 2.87. The average molecular weight is 194 g/mol. The summed E-state index contributed by atoms with van der Waals surface area (Å²) in [5.41, 5.74) is 2.66. The molecule has 2 atom stereocenters. The second kappa shape index (κ2) is 3.64. The zero-order valence-corrected chi connectivity index (χ0v) is 8.39. The van der Waals surface area contributed by atoms with E-state index in [1.165, 1.54) is 11.1 Å². The number of rotatable bonds is 2. The lowest BCUT2D eigenvalue weighted by atomic mass is 9.91. The third-order valence-corrected chi connectivity index (χ3v) is 3.54. The number of aliphatic hydroxyl groups is 1. The molecule has 0 aromatic carbocycles. The van der Waals surface area contributed by atoms with Gasteiger partial charge in [0.25, 0.3) is 0 Å². The van der Waals surface area contributed by atoms with E-state index in [1.807, 2.05) is 0 Å². The maximum absolute atomic E-state index is 9.22. The summed E-state index contributed by atoms with van der Waals surface area (Å²) in [6.45, 7) is 4.30. The van der Waals surface area contributed by atoms with Crippen molar-refractivity contribution in [3.63, 3.8) is 0 Å². The van der Waals surface area contributed by atoms with Gasteiger partial charge in [0.05, 0.1) is 0 Å². The van der Waals surface area contributed by atoms with Crippen LogP contribution in [0, 0.1) is 5.92 Å². The first-order chi connectivity index (χ1) is 6.31. The van der Waals surface area contributed by atoms with E-state index in [9.17, 15) is 5.11 Å². The van der Waals surface area contributed by atoms with Crippen LogP contribution in [-0.2, 0) is 0 Å². The van der Waals surface area contributed by atoms with Gasteiger partial charge in [0.15, 0.2) is 0 Å². The number of aliphatic hydroxyl groups excluding tert-OH is 1. The minimum atomic E-state index is 0.291. The molecule has 1 fully saturated rings. The van der Waals surface area contributed by atoms with Crippen LogP contribution in [0.3, 0.4) is 0 Å². The molecule has 13 heavy (non-hydrogen) atoms. The molecule has 70 valence electrons. The lowest BCUT2D eigenvalue weighted by Gasteiger charge is -2.14. The summed E-state index contributed by atoms with van der Waals surface area (Å²) in [4.78, 5) is 0. The van der Waals surface area contributed by atoms with Crippen LogP contribution in [0.25, 0.3) is 0 Å². The highest BCUT2D eigenvalue weighted by molar-refractivity contribution is 7.07. The molecule has 0 radical (unpaired) electrons. The molecule has 0 unspecified atom stereocenters. The van der Waals surface area contributed by atoms with Gasteiger partial charge in [0.1, 0.15) is 0 Å². The van der Waals surface area contributed by atoms with Gasteiger partial charge in [0, 0.05) is 6.61 Å². The van der Waals surface area contributed by atoms with E-state index in [0.717, 1.165) is 12.8 Å². The van der Waals surface area contributed by atoms with Gasteiger partial charge in [0.2, 0.25) is 0 Å². The monoisotopic (exact) mass is 194 g/mol. The van der Waals surface area contributed by atoms with Crippen LogP contribution in [0.4, 0.5) is 0 Å². The van der Waals surface area contributed by atoms with Gasteiger partial charge < -0.3 is 5.11 Å². The van der Waals surface area contributed by atoms with Gasteiger partial charge in [-0.25, -0.2) is 0 Å². The van der Waals surface area contributed by atoms with Crippen LogP contribution in [0.1, 0.15) is 24.3 Å². The van der Waals surface area contributed by atoms with Crippen molar-refractivity contribution in [2.45, 2.75) is 18.8 Å². The van der Waals surface area contributed by atoms with Crippen LogP contribution in [0.5, 0.6) is 0 Å². The van der Waals surface area contributed by atoms with E-state index < -0.39 is 0 Å². The Balaban J connectivity index is 2.19. The highest BCUT2D eigenvalue weighted by Gasteiger charge is 2.30. The second-order valence-electron chi connectivity index (χ2n) is 3.76. The Kier molecular flexibility index (Phi) is 2.51. The zero-order valence-electron chi connectivity index (χ0n) is 7.57. The molecule has 0 aliphatic heterocycles. The molecule has 1 aliphatic rings. The Morgan fingerprint density at radius 1 is 1.54 bits per heavy atom. The fourth-order valence-electron chi connectivity index (χ4n) is 2.14. The summed E-state index contributed by atoms with van der Waals surface area (Å²) in [5, 5.41) is 13.5. The molecule has 1 aromatic rings. The van der Waals surface area contributed by atoms with Crippen LogP contribution in [0.15, 0.2) is 29.0 Å². The predicted molar refractivity (Wildman–Crippen MR) is 56.0 cm³/mol. The Bertz CT molecular complexity index is 289. The van der Waals surface area contributed by atoms with Crippen LogP contribution < -0.4 is 0 Å². The normalized spacial score (nSPS) is 28.2. The van der Waals surface area contributed by atoms with Crippen molar-refractivity contribution in [1.29, 1.82) is 0 Å². The van der Waals surface area contributed by atoms with E-state index in [-0.39, 0.29) is 0 Å². The lowest BCUT2D eigenvalue weighted by Crippen LogP contribution is -2.09. The molecule has 0 bridgehead atoms. The first kappa shape index (κ1) is 8.97. The molecule has 2 heteroatoms. The fraction of sp³-hybridized carbons (Fsp3) is 0.455. The molecular formula is C11H14OS. The molecule has 1 saturated carbocycles. The molecule has 1 aromatic heterocycles. The minimum Gasteiger partial charge on any atom is -0.396 e. The molecule has 0 spiro atoms. The van der Waals surface area contributed by atoms with Crippen molar-refractivity contribution in [1.82, 2.24) is 0 Å². The number of allylic oxidation sites excluding steroid dienone is 1. The van der Waals surface area contributed by atoms with Gasteiger partial charge in [-0.15, -0.1) is 0 Å². The van der Waals surface area contributed by atoms with Gasteiger partial charge in [-0.3, -0.25) is 0 Å². The van der Waals surface area contributed by atoms with Crippen LogP contribution >= 0.6 is 11.3 Å². The van der Waals surface area contributed by atoms with Crippen molar-refractivity contribution in [2.75, 3.05) is 6.61 Å². The molecule has 0 amide bonds. The van der Waals surface area contributed by atoms with Crippen molar-refractivity contribution in [3.05, 3.63) is 34.5 Å². The molecule has 1 aliphatic carbocycles. The third kappa shape index (κ3) is 1.69. The van der Waals surface area contributed by atoms with Crippen molar-refractivity contribution in [3.8, 4) is 0 Å². The minimum absolute atomic E-state index is 0.291. The molecule has 1 N–H and O–H groups in total.